The summed E-state index contributed by atoms with van der Waals surface area (Å²) in [4.78, 5) is 21.5. The molecule has 2 aromatic heterocycles. The van der Waals surface area contributed by atoms with Crippen molar-refractivity contribution in [2.24, 2.45) is 0 Å². The van der Waals surface area contributed by atoms with E-state index in [9.17, 15) is 18.0 Å². The van der Waals surface area contributed by atoms with E-state index in [0.717, 1.165) is 28.3 Å². The van der Waals surface area contributed by atoms with Crippen molar-refractivity contribution in [2.45, 2.75) is 20.2 Å². The number of nitrogens with two attached hydrogens (primary N) is 1. The third-order valence-electron chi connectivity index (χ3n) is 7.12. The standard InChI is InChI=1S/C22H14ClF3N2O3.C14H11ClN2O/c1-12-6-9-19-17(10-12)28-21(30-19)15-11-13(7-8-16(15)23)27-20(29)14-4-2-3-5-18(14)31-22(24,25)26;1-8-2-5-13-12(6-8)17-14(18-13)10-7-9(16)3-4-11(10)15/h2-11H,1H3,(H,27,29);2-7H,16H2,1H3. The zero-order chi connectivity index (χ0) is 34.9. The molecule has 5 aromatic carbocycles. The maximum Gasteiger partial charge on any atom is 0.573 e. The molecule has 0 spiro atoms. The average Bonchev–Trinajstić information content (AvgIpc) is 3.66. The fourth-order valence-corrected chi connectivity index (χ4v) is 5.24. The molecule has 0 aliphatic heterocycles. The van der Waals surface area contributed by atoms with Gasteiger partial charge in [-0.2, -0.15) is 0 Å². The van der Waals surface area contributed by atoms with Gasteiger partial charge in [0.25, 0.3) is 5.91 Å². The second-order valence-electron chi connectivity index (χ2n) is 10.9. The number of carbonyl (C=O) groups excluding carboxylic acids is 1. The Morgan fingerprint density at radius 1 is 0.755 bits per heavy atom. The number of aryl methyl sites for hydroxylation is 2. The van der Waals surface area contributed by atoms with Crippen LogP contribution in [-0.4, -0.2) is 22.2 Å². The van der Waals surface area contributed by atoms with Crippen molar-refractivity contribution in [1.29, 1.82) is 0 Å². The molecule has 7 rings (SSSR count). The Morgan fingerprint density at radius 3 is 1.90 bits per heavy atom. The number of benzene rings is 5. The van der Waals surface area contributed by atoms with E-state index < -0.39 is 18.0 Å². The van der Waals surface area contributed by atoms with Crippen molar-refractivity contribution >= 4 is 62.7 Å². The van der Waals surface area contributed by atoms with Crippen LogP contribution in [-0.2, 0) is 0 Å². The van der Waals surface area contributed by atoms with Crippen LogP contribution in [0, 0.1) is 13.8 Å². The zero-order valence-corrected chi connectivity index (χ0v) is 27.2. The van der Waals surface area contributed by atoms with Crippen molar-refractivity contribution < 1.29 is 31.5 Å². The average molecular weight is 706 g/mol. The smallest absolute Gasteiger partial charge is 0.436 e. The van der Waals surface area contributed by atoms with E-state index >= 15 is 0 Å². The van der Waals surface area contributed by atoms with E-state index in [4.69, 9.17) is 37.8 Å². The van der Waals surface area contributed by atoms with Crippen molar-refractivity contribution in [2.75, 3.05) is 11.1 Å². The van der Waals surface area contributed by atoms with Gasteiger partial charge < -0.3 is 24.6 Å². The lowest BCUT2D eigenvalue weighted by atomic mass is 10.1. The summed E-state index contributed by atoms with van der Waals surface area (Å²) in [5.41, 5.74) is 12.5. The van der Waals surface area contributed by atoms with E-state index in [-0.39, 0.29) is 11.5 Å². The summed E-state index contributed by atoms with van der Waals surface area (Å²) in [6.07, 6.45) is -4.92. The predicted molar refractivity (Wildman–Crippen MR) is 184 cm³/mol. The quantitative estimate of drug-likeness (QED) is 0.171. The third kappa shape index (κ3) is 7.80. The van der Waals surface area contributed by atoms with Crippen LogP contribution >= 0.6 is 23.2 Å². The second-order valence-corrected chi connectivity index (χ2v) is 11.7. The second kappa shape index (κ2) is 13.5. The number of fused-ring (bicyclic) bond motifs is 2. The first kappa shape index (κ1) is 33.4. The molecule has 0 unspecified atom stereocenters. The molecule has 0 atom stereocenters. The highest BCUT2D eigenvalue weighted by atomic mass is 35.5. The van der Waals surface area contributed by atoms with Crippen LogP contribution in [0.25, 0.3) is 45.1 Å². The number of ether oxygens (including phenoxy) is 1. The number of para-hydroxylation sites is 1. The number of anilines is 2. The molecule has 13 heteroatoms. The summed E-state index contributed by atoms with van der Waals surface area (Å²) in [6.45, 7) is 3.94. The molecule has 8 nitrogen and oxygen atoms in total. The van der Waals surface area contributed by atoms with Crippen LogP contribution in [0.15, 0.2) is 106 Å². The van der Waals surface area contributed by atoms with Crippen molar-refractivity contribution in [3.63, 3.8) is 0 Å². The number of carbonyl (C=O) groups is 1. The molecule has 1 amide bonds. The third-order valence-corrected chi connectivity index (χ3v) is 7.78. The minimum atomic E-state index is -4.92. The monoisotopic (exact) mass is 704 g/mol. The lowest BCUT2D eigenvalue weighted by molar-refractivity contribution is -0.274. The van der Waals surface area contributed by atoms with Crippen molar-refractivity contribution in [3.05, 3.63) is 124 Å². The Bertz CT molecular complexity index is 2340. The number of halogens is 5. The molecule has 0 bridgehead atoms. The van der Waals surface area contributed by atoms with Crippen LogP contribution in [0.4, 0.5) is 24.5 Å². The number of aromatic nitrogens is 2. The van der Waals surface area contributed by atoms with Gasteiger partial charge in [0.05, 0.1) is 26.7 Å². The number of amides is 1. The molecule has 2 heterocycles. The van der Waals surface area contributed by atoms with Gasteiger partial charge in [0.2, 0.25) is 11.8 Å². The minimum absolute atomic E-state index is 0.252. The molecule has 248 valence electrons. The van der Waals surface area contributed by atoms with Gasteiger partial charge in [-0.05, 0) is 97.8 Å². The first-order valence-electron chi connectivity index (χ1n) is 14.6. The summed E-state index contributed by atoms with van der Waals surface area (Å²) in [5, 5.41) is 3.46. The van der Waals surface area contributed by atoms with Gasteiger partial charge in [0.1, 0.15) is 16.8 Å². The molecule has 3 N–H and O–H groups in total. The highest BCUT2D eigenvalue weighted by Gasteiger charge is 2.33. The molecule has 0 saturated carbocycles. The lowest BCUT2D eigenvalue weighted by Crippen LogP contribution is -2.20. The molecule has 7 aromatic rings. The number of alkyl halides is 3. The molecule has 0 radical (unpaired) electrons. The number of nitrogen functional groups attached to an aromatic ring is 1. The Hall–Kier alpha value is -5.52. The Morgan fingerprint density at radius 2 is 1.31 bits per heavy atom. The highest BCUT2D eigenvalue weighted by Crippen LogP contribution is 2.34. The predicted octanol–water partition coefficient (Wildman–Crippen LogP) is 10.6. The van der Waals surface area contributed by atoms with Crippen LogP contribution < -0.4 is 15.8 Å². The van der Waals surface area contributed by atoms with Crippen LogP contribution in [0.5, 0.6) is 5.75 Å². The van der Waals surface area contributed by atoms with Crippen molar-refractivity contribution in [3.8, 4) is 28.7 Å². The number of rotatable bonds is 5. The number of hydrogen-bond donors (Lipinski definition) is 2. The largest absolute Gasteiger partial charge is 0.573 e. The summed E-state index contributed by atoms with van der Waals surface area (Å²) in [7, 11) is 0. The van der Waals surface area contributed by atoms with Gasteiger partial charge >= 0.3 is 6.36 Å². The van der Waals surface area contributed by atoms with Gasteiger partial charge in [-0.15, -0.1) is 13.2 Å². The minimum Gasteiger partial charge on any atom is -0.436 e. The molecule has 0 aliphatic rings. The summed E-state index contributed by atoms with van der Waals surface area (Å²) < 4.78 is 53.3. The van der Waals surface area contributed by atoms with Crippen LogP contribution in [0.1, 0.15) is 21.5 Å². The van der Waals surface area contributed by atoms with E-state index in [1.807, 2.05) is 44.2 Å². The SMILES string of the molecule is Cc1ccc2oc(-c3cc(N)ccc3Cl)nc2c1.Cc1ccc2oc(-c3cc(NC(=O)c4ccccc4OC(F)(F)F)ccc3Cl)nc2c1. The van der Waals surface area contributed by atoms with Crippen LogP contribution in [0.3, 0.4) is 0 Å². The lowest BCUT2D eigenvalue weighted by Gasteiger charge is -2.13. The van der Waals surface area contributed by atoms with Crippen LogP contribution in [0.2, 0.25) is 10.0 Å². The van der Waals surface area contributed by atoms with Gasteiger partial charge in [-0.1, -0.05) is 47.5 Å². The Kier molecular flexibility index (Phi) is 9.22. The van der Waals surface area contributed by atoms with E-state index in [1.54, 1.807) is 24.3 Å². The van der Waals surface area contributed by atoms with Gasteiger partial charge in [-0.25, -0.2) is 9.97 Å². The van der Waals surface area contributed by atoms with E-state index in [2.05, 4.69) is 20.0 Å². The van der Waals surface area contributed by atoms with E-state index in [0.29, 0.717) is 49.5 Å². The molecule has 49 heavy (non-hydrogen) atoms. The summed E-state index contributed by atoms with van der Waals surface area (Å²) in [5.74, 6) is -0.632. The maximum atomic E-state index is 12.6. The van der Waals surface area contributed by atoms with Gasteiger partial charge in [0, 0.05) is 11.4 Å². The fourth-order valence-electron chi connectivity index (χ4n) is 4.85. The topological polar surface area (TPSA) is 116 Å². The summed E-state index contributed by atoms with van der Waals surface area (Å²) in [6, 6.07) is 26.3. The maximum absolute atomic E-state index is 12.6. The normalized spacial score (nSPS) is 11.3. The van der Waals surface area contributed by atoms with Gasteiger partial charge in [-0.3, -0.25) is 4.79 Å². The summed E-state index contributed by atoms with van der Waals surface area (Å²) >= 11 is 12.4. The Labute approximate surface area is 287 Å². The van der Waals surface area contributed by atoms with E-state index in [1.165, 1.54) is 36.4 Å². The molecule has 0 aliphatic carbocycles. The first-order chi connectivity index (χ1) is 23.3. The number of oxazole rings is 2. The van der Waals surface area contributed by atoms with Gasteiger partial charge in [0.15, 0.2) is 11.2 Å². The molecule has 0 fully saturated rings. The number of hydrogen-bond acceptors (Lipinski definition) is 7. The molecular formula is C36H25Cl2F3N4O4. The molecule has 0 saturated heterocycles. The fraction of sp³-hybridized carbons (Fsp3) is 0.0833. The zero-order valence-electron chi connectivity index (χ0n) is 25.7. The number of nitrogens with one attached hydrogen (secondary N) is 1. The first-order valence-corrected chi connectivity index (χ1v) is 15.3. The highest BCUT2D eigenvalue weighted by molar-refractivity contribution is 6.33. The Balaban J connectivity index is 0.000000195. The molecular weight excluding hydrogens is 680 g/mol. The number of nitrogens with zero attached hydrogens (tertiary/aromatic N) is 2. The van der Waals surface area contributed by atoms with Crippen molar-refractivity contribution in [1.82, 2.24) is 9.97 Å².